The summed E-state index contributed by atoms with van der Waals surface area (Å²) in [5, 5.41) is 0. The van der Waals surface area contributed by atoms with E-state index in [1.54, 1.807) is 6.33 Å². The average Bonchev–Trinajstić information content (AvgIpc) is 3.05. The van der Waals surface area contributed by atoms with E-state index in [4.69, 9.17) is 4.74 Å². The Morgan fingerprint density at radius 3 is 2.89 bits per heavy atom. The minimum Gasteiger partial charge on any atom is -0.378 e. The summed E-state index contributed by atoms with van der Waals surface area (Å²) in [6.07, 6.45) is 10.8. The van der Waals surface area contributed by atoms with Gasteiger partial charge in [0.25, 0.3) is 0 Å². The third kappa shape index (κ3) is 2.21. The molecule has 0 amide bonds. The van der Waals surface area contributed by atoms with Gasteiger partial charge in [0, 0.05) is 36.5 Å². The van der Waals surface area contributed by atoms with Crippen LogP contribution in [0.2, 0.25) is 0 Å². The fraction of sp³-hybridized carbons (Fsp3) is 0.800. The van der Waals surface area contributed by atoms with Crippen LogP contribution in [0.15, 0.2) is 12.5 Å². The zero-order valence-corrected chi connectivity index (χ0v) is 12.1. The van der Waals surface area contributed by atoms with Crippen LogP contribution in [0.25, 0.3) is 0 Å². The Balaban J connectivity index is 1.67. The molecule has 2 saturated carbocycles. The first-order valence-corrected chi connectivity index (χ1v) is 7.55. The Kier molecular flexibility index (Phi) is 3.63. The van der Waals surface area contributed by atoms with Crippen LogP contribution in [0.1, 0.15) is 44.7 Å². The number of aromatic nitrogens is 2. The van der Waals surface area contributed by atoms with E-state index in [-0.39, 0.29) is 0 Å². The first-order valence-electron chi connectivity index (χ1n) is 7.55. The molecule has 19 heavy (non-hydrogen) atoms. The van der Waals surface area contributed by atoms with E-state index in [2.05, 4.69) is 28.8 Å². The van der Waals surface area contributed by atoms with Gasteiger partial charge in [-0.1, -0.05) is 12.8 Å². The molecule has 4 heteroatoms. The summed E-state index contributed by atoms with van der Waals surface area (Å²) < 4.78 is 5.98. The normalized spacial score (nSPS) is 29.0. The second-order valence-corrected chi connectivity index (χ2v) is 6.13. The first-order chi connectivity index (χ1) is 9.26. The maximum absolute atomic E-state index is 5.98. The van der Waals surface area contributed by atoms with Gasteiger partial charge in [-0.25, -0.2) is 4.98 Å². The Morgan fingerprint density at radius 1 is 1.47 bits per heavy atom. The number of nitrogens with zero attached hydrogens (tertiary/aromatic N) is 2. The molecule has 4 nitrogen and oxygen atoms in total. The standard InChI is InChI=1S/C15H25N3O/c1-3-19-14-8-13(15(14)6-4-5-7-15)18(2)10-12-9-16-11-17-12/h9,11,13-14H,3-8,10H2,1-2H3,(H,16,17)/t13-,14+/m0/s1. The van der Waals surface area contributed by atoms with Crippen molar-refractivity contribution in [3.05, 3.63) is 18.2 Å². The zero-order chi connectivity index (χ0) is 13.3. The molecule has 0 unspecified atom stereocenters. The van der Waals surface area contributed by atoms with Crippen LogP contribution in [0.5, 0.6) is 0 Å². The maximum atomic E-state index is 5.98. The van der Waals surface area contributed by atoms with Crippen molar-refractivity contribution in [2.75, 3.05) is 13.7 Å². The summed E-state index contributed by atoms with van der Waals surface area (Å²) in [5.41, 5.74) is 1.64. The predicted octanol–water partition coefficient (Wildman–Crippen LogP) is 2.58. The van der Waals surface area contributed by atoms with Crippen LogP contribution in [0.4, 0.5) is 0 Å². The van der Waals surface area contributed by atoms with E-state index in [1.165, 1.54) is 37.8 Å². The number of aromatic amines is 1. The molecule has 1 spiro atoms. The summed E-state index contributed by atoms with van der Waals surface area (Å²) in [6.45, 7) is 3.93. The molecule has 1 heterocycles. The van der Waals surface area contributed by atoms with Gasteiger partial charge in [-0.2, -0.15) is 0 Å². The fourth-order valence-electron chi connectivity index (χ4n) is 4.22. The number of hydrogen-bond acceptors (Lipinski definition) is 3. The highest BCUT2D eigenvalue weighted by Crippen LogP contribution is 2.56. The van der Waals surface area contributed by atoms with E-state index in [9.17, 15) is 0 Å². The largest absolute Gasteiger partial charge is 0.378 e. The quantitative estimate of drug-likeness (QED) is 0.887. The molecule has 0 saturated heterocycles. The van der Waals surface area contributed by atoms with Gasteiger partial charge in [0.05, 0.1) is 12.4 Å². The van der Waals surface area contributed by atoms with Crippen molar-refractivity contribution in [2.45, 2.75) is 57.7 Å². The number of hydrogen-bond donors (Lipinski definition) is 1. The molecule has 2 aliphatic carbocycles. The number of nitrogens with one attached hydrogen (secondary N) is 1. The Hall–Kier alpha value is -0.870. The second-order valence-electron chi connectivity index (χ2n) is 6.13. The van der Waals surface area contributed by atoms with Crippen molar-refractivity contribution < 1.29 is 4.74 Å². The molecule has 2 fully saturated rings. The molecule has 0 aromatic carbocycles. The molecule has 3 rings (SSSR count). The van der Waals surface area contributed by atoms with Gasteiger partial charge in [0.1, 0.15) is 0 Å². The number of ether oxygens (including phenoxy) is 1. The maximum Gasteiger partial charge on any atom is 0.0922 e. The predicted molar refractivity (Wildman–Crippen MR) is 74.8 cm³/mol. The third-order valence-electron chi connectivity index (χ3n) is 5.15. The lowest BCUT2D eigenvalue weighted by Crippen LogP contribution is -2.62. The van der Waals surface area contributed by atoms with Crippen LogP contribution in [0, 0.1) is 5.41 Å². The summed E-state index contributed by atoms with van der Waals surface area (Å²) in [7, 11) is 2.24. The lowest BCUT2D eigenvalue weighted by molar-refractivity contribution is -0.162. The molecule has 106 valence electrons. The van der Waals surface area contributed by atoms with Crippen molar-refractivity contribution in [3.63, 3.8) is 0 Å². The SMILES string of the molecule is CCO[C@@H]1C[C@H](N(C)Cc2cnc[nH]2)C12CCCC2. The van der Waals surface area contributed by atoms with E-state index < -0.39 is 0 Å². The van der Waals surface area contributed by atoms with Crippen molar-refractivity contribution in [2.24, 2.45) is 5.41 Å². The molecule has 0 radical (unpaired) electrons. The van der Waals surface area contributed by atoms with E-state index >= 15 is 0 Å². The van der Waals surface area contributed by atoms with Gasteiger partial charge in [0.15, 0.2) is 0 Å². The molecule has 2 atom stereocenters. The molecule has 0 bridgehead atoms. The van der Waals surface area contributed by atoms with Crippen molar-refractivity contribution in [1.82, 2.24) is 14.9 Å². The topological polar surface area (TPSA) is 41.1 Å². The van der Waals surface area contributed by atoms with E-state index in [0.29, 0.717) is 17.6 Å². The molecular weight excluding hydrogens is 238 g/mol. The van der Waals surface area contributed by atoms with Gasteiger partial charge in [-0.05, 0) is 33.2 Å². The number of rotatable bonds is 5. The Labute approximate surface area is 115 Å². The molecule has 1 N–H and O–H groups in total. The average molecular weight is 263 g/mol. The van der Waals surface area contributed by atoms with Crippen LogP contribution < -0.4 is 0 Å². The highest BCUT2D eigenvalue weighted by atomic mass is 16.5. The monoisotopic (exact) mass is 263 g/mol. The van der Waals surface area contributed by atoms with E-state index in [0.717, 1.165) is 13.2 Å². The third-order valence-corrected chi connectivity index (χ3v) is 5.15. The van der Waals surface area contributed by atoms with Crippen LogP contribution in [-0.2, 0) is 11.3 Å². The molecule has 2 aliphatic rings. The first kappa shape index (κ1) is 13.1. The molecule has 1 aromatic rings. The summed E-state index contributed by atoms with van der Waals surface area (Å²) >= 11 is 0. The minimum atomic E-state index is 0.435. The highest BCUT2D eigenvalue weighted by Gasteiger charge is 2.57. The lowest BCUT2D eigenvalue weighted by Gasteiger charge is -2.57. The van der Waals surface area contributed by atoms with Crippen molar-refractivity contribution in [3.8, 4) is 0 Å². The van der Waals surface area contributed by atoms with Gasteiger partial charge >= 0.3 is 0 Å². The van der Waals surface area contributed by atoms with Gasteiger partial charge in [-0.3, -0.25) is 4.90 Å². The molecule has 1 aromatic heterocycles. The van der Waals surface area contributed by atoms with Crippen molar-refractivity contribution in [1.29, 1.82) is 0 Å². The van der Waals surface area contributed by atoms with Gasteiger partial charge in [0.2, 0.25) is 0 Å². The smallest absolute Gasteiger partial charge is 0.0922 e. The zero-order valence-electron chi connectivity index (χ0n) is 12.1. The number of imidazole rings is 1. The summed E-state index contributed by atoms with van der Waals surface area (Å²) in [4.78, 5) is 9.80. The molecular formula is C15H25N3O. The van der Waals surface area contributed by atoms with Crippen LogP contribution in [-0.4, -0.2) is 40.7 Å². The lowest BCUT2D eigenvalue weighted by atomic mass is 9.60. The second kappa shape index (κ2) is 5.25. The van der Waals surface area contributed by atoms with Gasteiger partial charge in [-0.15, -0.1) is 0 Å². The number of H-pyrrole nitrogens is 1. The van der Waals surface area contributed by atoms with E-state index in [1.807, 2.05) is 6.20 Å². The van der Waals surface area contributed by atoms with Crippen LogP contribution in [0.3, 0.4) is 0 Å². The molecule has 0 aliphatic heterocycles. The highest BCUT2D eigenvalue weighted by molar-refractivity contribution is 5.11. The van der Waals surface area contributed by atoms with Gasteiger partial charge < -0.3 is 9.72 Å². The summed E-state index contributed by atoms with van der Waals surface area (Å²) in [6, 6.07) is 0.676. The summed E-state index contributed by atoms with van der Waals surface area (Å²) in [5.74, 6) is 0. The Morgan fingerprint density at radius 2 is 2.26 bits per heavy atom. The van der Waals surface area contributed by atoms with Crippen LogP contribution >= 0.6 is 0 Å². The minimum absolute atomic E-state index is 0.435. The van der Waals surface area contributed by atoms with Crippen molar-refractivity contribution >= 4 is 0 Å². The Bertz CT molecular complexity index is 398. The fourth-order valence-corrected chi connectivity index (χ4v) is 4.22.